The molecule has 3 heterocycles. The van der Waals surface area contributed by atoms with Gasteiger partial charge in [0, 0.05) is 29.4 Å². The monoisotopic (exact) mass is 460 g/mol. The number of aromatic nitrogens is 1. The van der Waals surface area contributed by atoms with Crippen LogP contribution in [0.3, 0.4) is 0 Å². The standard InChI is InChI=1S/C23H29ClN4O2S/c1-3-23(18-7-10-27(11-8-18)14-17-5-4-6-19(24)13-17)21(29)28(22(30)26-23)12-9-20-16(2)25-15-31-20/h4-6,13,15,18H,3,7-12,14H2,1-2H3,(H,26,30)/t23-/m0/s1. The number of rotatable bonds is 7. The van der Waals surface area contributed by atoms with Crippen LogP contribution in [0, 0.1) is 12.8 Å². The zero-order chi connectivity index (χ0) is 22.0. The molecule has 166 valence electrons. The summed E-state index contributed by atoms with van der Waals surface area (Å²) in [5.74, 6) is 0.0927. The quantitative estimate of drug-likeness (QED) is 0.627. The number of nitrogens with zero attached hydrogens (tertiary/aromatic N) is 3. The minimum Gasteiger partial charge on any atom is -0.323 e. The molecule has 1 aromatic carbocycles. The van der Waals surface area contributed by atoms with E-state index in [4.69, 9.17) is 11.6 Å². The zero-order valence-corrected chi connectivity index (χ0v) is 19.6. The molecule has 0 aliphatic carbocycles. The summed E-state index contributed by atoms with van der Waals surface area (Å²) in [7, 11) is 0. The number of carbonyl (C=O) groups excluding carboxylic acids is 2. The molecule has 1 atom stereocenters. The van der Waals surface area contributed by atoms with Crippen LogP contribution < -0.4 is 5.32 Å². The van der Waals surface area contributed by atoms with Gasteiger partial charge in [0.1, 0.15) is 5.54 Å². The molecule has 0 radical (unpaired) electrons. The van der Waals surface area contributed by atoms with Crippen molar-refractivity contribution in [3.05, 3.63) is 50.9 Å². The predicted molar refractivity (Wildman–Crippen MR) is 123 cm³/mol. The highest BCUT2D eigenvalue weighted by Gasteiger charge is 2.54. The molecule has 2 saturated heterocycles. The summed E-state index contributed by atoms with van der Waals surface area (Å²) in [6.07, 6.45) is 3.06. The van der Waals surface area contributed by atoms with Crippen LogP contribution in [-0.4, -0.2) is 51.9 Å². The minimum absolute atomic E-state index is 0.0598. The first kappa shape index (κ1) is 22.2. The molecule has 31 heavy (non-hydrogen) atoms. The summed E-state index contributed by atoms with van der Waals surface area (Å²) in [5, 5.41) is 3.85. The molecular weight excluding hydrogens is 432 g/mol. The third kappa shape index (κ3) is 4.49. The fourth-order valence-corrected chi connectivity index (χ4v) is 5.89. The second kappa shape index (κ2) is 9.27. The normalized spacial score (nSPS) is 22.9. The number of piperidine rings is 1. The van der Waals surface area contributed by atoms with Crippen molar-refractivity contribution in [2.75, 3.05) is 19.6 Å². The third-order valence-corrected chi connectivity index (χ3v) is 7.98. The van der Waals surface area contributed by atoms with Gasteiger partial charge in [0.25, 0.3) is 5.91 Å². The van der Waals surface area contributed by atoms with E-state index in [1.54, 1.807) is 11.3 Å². The summed E-state index contributed by atoms with van der Waals surface area (Å²) in [6, 6.07) is 7.71. The summed E-state index contributed by atoms with van der Waals surface area (Å²) >= 11 is 7.69. The van der Waals surface area contributed by atoms with Gasteiger partial charge in [0.2, 0.25) is 0 Å². The number of urea groups is 1. The molecule has 2 fully saturated rings. The van der Waals surface area contributed by atoms with Gasteiger partial charge in [-0.05, 0) is 62.9 Å². The average molecular weight is 461 g/mol. The predicted octanol–water partition coefficient (Wildman–Crippen LogP) is 4.26. The first-order valence-corrected chi connectivity index (χ1v) is 12.2. The van der Waals surface area contributed by atoms with Gasteiger partial charge in [-0.25, -0.2) is 9.78 Å². The van der Waals surface area contributed by atoms with Gasteiger partial charge < -0.3 is 5.32 Å². The molecule has 2 aliphatic rings. The van der Waals surface area contributed by atoms with Crippen molar-refractivity contribution < 1.29 is 9.59 Å². The number of imide groups is 1. The molecule has 2 aliphatic heterocycles. The Bertz CT molecular complexity index is 957. The smallest absolute Gasteiger partial charge is 0.323 e. The molecule has 8 heteroatoms. The molecule has 0 spiro atoms. The zero-order valence-electron chi connectivity index (χ0n) is 18.1. The minimum atomic E-state index is -0.776. The van der Waals surface area contributed by atoms with E-state index in [1.165, 1.54) is 10.5 Å². The Hall–Kier alpha value is -1.96. The number of thiazole rings is 1. The van der Waals surface area contributed by atoms with Gasteiger partial charge >= 0.3 is 6.03 Å². The average Bonchev–Trinajstić information content (AvgIpc) is 3.27. The maximum Gasteiger partial charge on any atom is 0.325 e. The van der Waals surface area contributed by atoms with Crippen molar-refractivity contribution in [2.24, 2.45) is 5.92 Å². The van der Waals surface area contributed by atoms with Crippen LogP contribution in [0.1, 0.15) is 42.3 Å². The number of hydrogen-bond donors (Lipinski definition) is 1. The summed E-state index contributed by atoms with van der Waals surface area (Å²) in [6.45, 7) is 7.04. The van der Waals surface area contributed by atoms with Crippen LogP contribution in [-0.2, 0) is 17.8 Å². The van der Waals surface area contributed by atoms with Crippen LogP contribution in [0.15, 0.2) is 29.8 Å². The Morgan fingerprint density at radius 2 is 2.06 bits per heavy atom. The number of hydrogen-bond acceptors (Lipinski definition) is 5. The van der Waals surface area contributed by atoms with Gasteiger partial charge in [0.05, 0.1) is 11.2 Å². The highest BCUT2D eigenvalue weighted by atomic mass is 35.5. The first-order valence-electron chi connectivity index (χ1n) is 10.9. The van der Waals surface area contributed by atoms with Crippen molar-refractivity contribution >= 4 is 34.9 Å². The topological polar surface area (TPSA) is 65.5 Å². The van der Waals surface area contributed by atoms with Crippen LogP contribution in [0.5, 0.6) is 0 Å². The van der Waals surface area contributed by atoms with Gasteiger partial charge in [0.15, 0.2) is 0 Å². The van der Waals surface area contributed by atoms with Crippen LogP contribution in [0.4, 0.5) is 4.79 Å². The number of benzene rings is 1. The van der Waals surface area contributed by atoms with Crippen LogP contribution in [0.25, 0.3) is 0 Å². The van der Waals surface area contributed by atoms with E-state index in [9.17, 15) is 9.59 Å². The van der Waals surface area contributed by atoms with Gasteiger partial charge in [-0.1, -0.05) is 30.7 Å². The van der Waals surface area contributed by atoms with Crippen LogP contribution >= 0.6 is 22.9 Å². The van der Waals surface area contributed by atoms with E-state index < -0.39 is 5.54 Å². The van der Waals surface area contributed by atoms with E-state index in [2.05, 4.69) is 21.3 Å². The van der Waals surface area contributed by atoms with Crippen molar-refractivity contribution in [3.8, 4) is 0 Å². The number of amides is 3. The maximum absolute atomic E-state index is 13.4. The Morgan fingerprint density at radius 3 is 2.71 bits per heavy atom. The van der Waals surface area contributed by atoms with Crippen molar-refractivity contribution in [3.63, 3.8) is 0 Å². The maximum atomic E-state index is 13.4. The largest absolute Gasteiger partial charge is 0.325 e. The highest BCUT2D eigenvalue weighted by molar-refractivity contribution is 7.09. The second-order valence-corrected chi connectivity index (χ2v) is 9.88. The van der Waals surface area contributed by atoms with Crippen molar-refractivity contribution in [1.29, 1.82) is 0 Å². The van der Waals surface area contributed by atoms with E-state index >= 15 is 0 Å². The molecular formula is C23H29ClN4O2S. The highest BCUT2D eigenvalue weighted by Crippen LogP contribution is 2.36. The van der Waals surface area contributed by atoms with E-state index in [-0.39, 0.29) is 17.9 Å². The first-order chi connectivity index (χ1) is 14.9. The molecule has 6 nitrogen and oxygen atoms in total. The lowest BCUT2D eigenvalue weighted by Gasteiger charge is -2.40. The fraction of sp³-hybridized carbons (Fsp3) is 0.522. The van der Waals surface area contributed by atoms with Crippen LogP contribution in [0.2, 0.25) is 5.02 Å². The fourth-order valence-electron chi connectivity index (χ4n) is 4.91. The number of halogens is 1. The lowest BCUT2D eigenvalue weighted by Crippen LogP contribution is -2.55. The van der Waals surface area contributed by atoms with E-state index in [0.717, 1.165) is 48.1 Å². The molecule has 0 bridgehead atoms. The molecule has 2 aromatic rings. The Kier molecular flexibility index (Phi) is 6.65. The molecule has 0 saturated carbocycles. The number of likely N-dealkylation sites (tertiary alicyclic amines) is 1. The molecule has 4 rings (SSSR count). The summed E-state index contributed by atoms with van der Waals surface area (Å²) < 4.78 is 0. The molecule has 1 aromatic heterocycles. The molecule has 1 N–H and O–H groups in total. The summed E-state index contributed by atoms with van der Waals surface area (Å²) in [5.41, 5.74) is 3.21. The Morgan fingerprint density at radius 1 is 1.29 bits per heavy atom. The Labute approximate surface area is 192 Å². The Balaban J connectivity index is 1.39. The second-order valence-electron chi connectivity index (χ2n) is 8.50. The van der Waals surface area contributed by atoms with E-state index in [1.807, 2.05) is 37.6 Å². The summed E-state index contributed by atoms with van der Waals surface area (Å²) in [4.78, 5) is 35.4. The van der Waals surface area contributed by atoms with E-state index in [0.29, 0.717) is 19.4 Å². The lowest BCUT2D eigenvalue weighted by atomic mass is 9.75. The van der Waals surface area contributed by atoms with Gasteiger partial charge in [-0.2, -0.15) is 0 Å². The number of nitrogens with one attached hydrogen (secondary N) is 1. The number of aryl methyl sites for hydroxylation is 1. The third-order valence-electron chi connectivity index (χ3n) is 6.75. The van der Waals surface area contributed by atoms with Crippen molar-refractivity contribution in [2.45, 2.75) is 51.6 Å². The SMILES string of the molecule is CC[C@@]1(C2CCN(Cc3cccc(Cl)c3)CC2)NC(=O)N(CCc2scnc2C)C1=O. The number of carbonyl (C=O) groups is 2. The lowest BCUT2D eigenvalue weighted by molar-refractivity contribution is -0.134. The van der Waals surface area contributed by atoms with Gasteiger partial charge in [-0.15, -0.1) is 11.3 Å². The molecule has 3 amide bonds. The van der Waals surface area contributed by atoms with Gasteiger partial charge in [-0.3, -0.25) is 14.6 Å². The molecule has 0 unspecified atom stereocenters. The van der Waals surface area contributed by atoms with Crippen molar-refractivity contribution in [1.82, 2.24) is 20.1 Å².